The van der Waals surface area contributed by atoms with E-state index in [0.717, 1.165) is 0 Å². The van der Waals surface area contributed by atoms with Gasteiger partial charge in [-0.2, -0.15) is 4.31 Å². The summed E-state index contributed by atoms with van der Waals surface area (Å²) in [4.78, 5) is 24.9. The van der Waals surface area contributed by atoms with Crippen molar-refractivity contribution in [2.75, 3.05) is 57.8 Å². The van der Waals surface area contributed by atoms with Gasteiger partial charge in [-0.1, -0.05) is 0 Å². The fraction of sp³-hybridized carbons (Fsp3) is 0.600. The number of hydrogen-bond acceptors (Lipinski definition) is 9. The van der Waals surface area contributed by atoms with Crippen molar-refractivity contribution in [2.24, 2.45) is 0 Å². The van der Waals surface area contributed by atoms with Gasteiger partial charge in [-0.15, -0.1) is 10.2 Å². The molecule has 0 spiro atoms. The molecule has 28 heavy (non-hydrogen) atoms. The van der Waals surface area contributed by atoms with Gasteiger partial charge in [-0.25, -0.2) is 8.42 Å². The molecule has 1 aromatic rings. The number of ether oxygens (including phenoxy) is 1. The van der Waals surface area contributed by atoms with Crippen LogP contribution in [0.3, 0.4) is 0 Å². The van der Waals surface area contributed by atoms with E-state index in [1.807, 2.05) is 0 Å². The zero-order chi connectivity index (χ0) is 20.1. The van der Waals surface area contributed by atoms with Crippen LogP contribution in [0.15, 0.2) is 17.2 Å². The van der Waals surface area contributed by atoms with Crippen LogP contribution in [0.2, 0.25) is 0 Å². The van der Waals surface area contributed by atoms with Crippen LogP contribution in [0, 0.1) is 0 Å². The van der Waals surface area contributed by atoms with Crippen molar-refractivity contribution in [1.29, 1.82) is 0 Å². The molecule has 12 nitrogen and oxygen atoms in total. The van der Waals surface area contributed by atoms with Crippen molar-refractivity contribution in [3.05, 3.63) is 12.1 Å². The lowest BCUT2D eigenvalue weighted by molar-refractivity contribution is -0.142. The number of morpholine rings is 1. The van der Waals surface area contributed by atoms with E-state index in [1.54, 1.807) is 0 Å². The molecule has 13 heteroatoms. The largest absolute Gasteiger partial charge is 0.480 e. The Balaban J connectivity index is 1.66. The van der Waals surface area contributed by atoms with Crippen molar-refractivity contribution in [2.45, 2.75) is 11.1 Å². The van der Waals surface area contributed by atoms with Crippen LogP contribution in [0.4, 0.5) is 5.82 Å². The van der Waals surface area contributed by atoms with Crippen molar-refractivity contribution < 1.29 is 27.9 Å². The molecule has 1 atom stereocenters. The Bertz CT molecular complexity index is 811. The molecule has 0 unspecified atom stereocenters. The number of rotatable bonds is 6. The van der Waals surface area contributed by atoms with Gasteiger partial charge in [-0.05, 0) is 12.1 Å². The number of carboxylic acids is 1. The highest BCUT2D eigenvalue weighted by Crippen LogP contribution is 2.15. The maximum Gasteiger partial charge on any atom is 0.317 e. The molecule has 2 aliphatic heterocycles. The highest BCUT2D eigenvalue weighted by atomic mass is 32.2. The number of sulfonamides is 1. The smallest absolute Gasteiger partial charge is 0.317 e. The summed E-state index contributed by atoms with van der Waals surface area (Å²) in [5.41, 5.74) is 0. The lowest BCUT2D eigenvalue weighted by Crippen LogP contribution is -2.53. The van der Waals surface area contributed by atoms with Gasteiger partial charge in [0.25, 0.3) is 10.0 Å². The summed E-state index contributed by atoms with van der Waals surface area (Å²) in [7, 11) is -3.74. The van der Waals surface area contributed by atoms with Crippen LogP contribution >= 0.6 is 0 Å². The highest BCUT2D eigenvalue weighted by molar-refractivity contribution is 7.89. The molecule has 0 radical (unpaired) electrons. The maximum atomic E-state index is 12.5. The first-order valence-electron chi connectivity index (χ1n) is 8.77. The normalized spacial score (nSPS) is 21.9. The highest BCUT2D eigenvalue weighted by Gasteiger charge is 2.31. The number of aromatic nitrogens is 2. The zero-order valence-corrected chi connectivity index (χ0v) is 15.9. The predicted molar refractivity (Wildman–Crippen MR) is 96.1 cm³/mol. The Morgan fingerprint density at radius 2 is 2.00 bits per heavy atom. The second-order valence-corrected chi connectivity index (χ2v) is 8.24. The molecule has 2 saturated heterocycles. The number of nitrogens with one attached hydrogen (secondary N) is 2. The number of carbonyl (C=O) groups is 2. The van der Waals surface area contributed by atoms with E-state index in [-0.39, 0.29) is 24.0 Å². The average molecular weight is 414 g/mol. The number of carboxylic acid groups (broad SMARTS) is 1. The molecule has 0 saturated carbocycles. The van der Waals surface area contributed by atoms with Crippen LogP contribution < -0.4 is 10.6 Å². The number of hydrogen-bond donors (Lipinski definition) is 3. The van der Waals surface area contributed by atoms with Crippen LogP contribution in [-0.4, -0.2) is 103 Å². The summed E-state index contributed by atoms with van der Waals surface area (Å²) in [6, 6.07) is 1.85. The Morgan fingerprint density at radius 3 is 2.64 bits per heavy atom. The zero-order valence-electron chi connectivity index (χ0n) is 15.1. The van der Waals surface area contributed by atoms with Crippen LogP contribution in [-0.2, 0) is 24.3 Å². The lowest BCUT2D eigenvalue weighted by Gasteiger charge is -2.33. The Labute approximate surface area is 161 Å². The van der Waals surface area contributed by atoms with Gasteiger partial charge in [0.1, 0.15) is 6.04 Å². The third kappa shape index (κ3) is 4.80. The second kappa shape index (κ2) is 8.87. The van der Waals surface area contributed by atoms with Gasteiger partial charge in [0, 0.05) is 32.7 Å². The Morgan fingerprint density at radius 1 is 1.25 bits per heavy atom. The molecule has 154 valence electrons. The first-order valence-corrected chi connectivity index (χ1v) is 10.2. The fourth-order valence-corrected chi connectivity index (χ4v) is 4.31. The van der Waals surface area contributed by atoms with Gasteiger partial charge in [0.15, 0.2) is 10.8 Å². The van der Waals surface area contributed by atoms with E-state index in [4.69, 9.17) is 9.84 Å². The van der Waals surface area contributed by atoms with Crippen molar-refractivity contribution in [1.82, 2.24) is 24.7 Å². The predicted octanol–water partition coefficient (Wildman–Crippen LogP) is -2.21. The summed E-state index contributed by atoms with van der Waals surface area (Å²) in [6.45, 7) is 2.27. The molecule has 1 amide bonds. The molecule has 3 rings (SSSR count). The van der Waals surface area contributed by atoms with Crippen LogP contribution in [0.25, 0.3) is 0 Å². The van der Waals surface area contributed by atoms with E-state index >= 15 is 0 Å². The summed E-state index contributed by atoms with van der Waals surface area (Å²) in [6.07, 6.45) is 0. The monoisotopic (exact) mass is 414 g/mol. The third-order valence-corrected chi connectivity index (χ3v) is 6.24. The SMILES string of the molecule is O=C(O)CN1CCOC[C@H]1C(=O)Nc1ccc(S(=O)(=O)N2CCNCC2)nn1. The summed E-state index contributed by atoms with van der Waals surface area (Å²) < 4.78 is 31.7. The van der Waals surface area contributed by atoms with Gasteiger partial charge in [0.05, 0.1) is 19.8 Å². The minimum Gasteiger partial charge on any atom is -0.480 e. The molecular formula is C15H22N6O6S. The van der Waals surface area contributed by atoms with Gasteiger partial charge in [-0.3, -0.25) is 14.5 Å². The first kappa shape index (κ1) is 20.5. The minimum absolute atomic E-state index is 0.0575. The van der Waals surface area contributed by atoms with E-state index in [1.165, 1.54) is 21.3 Å². The standard InChI is InChI=1S/C15H22N6O6S/c22-14(23)9-20-7-8-27-10-11(20)15(24)17-12-1-2-13(19-18-12)28(25,26)21-5-3-16-4-6-21/h1-2,11,16H,3-10H2,(H,22,23)(H,17,18,24)/t11-/m0/s1. The number of aliphatic carboxylic acids is 1. The van der Waals surface area contributed by atoms with E-state index < -0.39 is 27.9 Å². The molecule has 0 bridgehead atoms. The number of amides is 1. The number of anilines is 1. The van der Waals surface area contributed by atoms with Crippen molar-refractivity contribution in [3.8, 4) is 0 Å². The molecule has 0 aromatic carbocycles. The first-order chi connectivity index (χ1) is 13.4. The summed E-state index contributed by atoms with van der Waals surface area (Å²) in [5, 5.41) is 21.9. The van der Waals surface area contributed by atoms with Crippen molar-refractivity contribution in [3.63, 3.8) is 0 Å². The molecular weight excluding hydrogens is 392 g/mol. The maximum absolute atomic E-state index is 12.5. The Hall–Kier alpha value is -2.19. The second-order valence-electron chi connectivity index (χ2n) is 6.36. The Kier molecular flexibility index (Phi) is 6.51. The quantitative estimate of drug-likeness (QED) is 0.467. The lowest BCUT2D eigenvalue weighted by atomic mass is 10.2. The van der Waals surface area contributed by atoms with Gasteiger partial charge < -0.3 is 20.5 Å². The summed E-state index contributed by atoms with van der Waals surface area (Å²) >= 11 is 0. The van der Waals surface area contributed by atoms with Crippen molar-refractivity contribution >= 4 is 27.7 Å². The fourth-order valence-electron chi connectivity index (χ4n) is 2.99. The molecule has 0 aliphatic carbocycles. The summed E-state index contributed by atoms with van der Waals surface area (Å²) in [5.74, 6) is -1.46. The molecule has 2 aliphatic rings. The average Bonchev–Trinajstić information content (AvgIpc) is 2.69. The number of nitrogens with zero attached hydrogens (tertiary/aromatic N) is 4. The number of piperazine rings is 1. The topological polar surface area (TPSA) is 154 Å². The third-order valence-electron chi connectivity index (χ3n) is 4.45. The van der Waals surface area contributed by atoms with E-state index in [0.29, 0.717) is 39.3 Å². The molecule has 2 fully saturated rings. The van der Waals surface area contributed by atoms with Crippen LogP contribution in [0.5, 0.6) is 0 Å². The van der Waals surface area contributed by atoms with E-state index in [2.05, 4.69) is 20.8 Å². The van der Waals surface area contributed by atoms with E-state index in [9.17, 15) is 18.0 Å². The minimum atomic E-state index is -3.74. The number of carbonyl (C=O) groups excluding carboxylic acids is 1. The molecule has 3 N–H and O–H groups in total. The molecule has 1 aromatic heterocycles. The van der Waals surface area contributed by atoms with Gasteiger partial charge in [0.2, 0.25) is 5.91 Å². The van der Waals surface area contributed by atoms with Gasteiger partial charge >= 0.3 is 5.97 Å². The molecule has 3 heterocycles. The van der Waals surface area contributed by atoms with Crippen LogP contribution in [0.1, 0.15) is 0 Å².